The van der Waals surface area contributed by atoms with E-state index in [-0.39, 0.29) is 5.56 Å². The van der Waals surface area contributed by atoms with Gasteiger partial charge in [0.15, 0.2) is 0 Å². The number of aromatic nitrogens is 2. The van der Waals surface area contributed by atoms with Crippen LogP contribution in [0.4, 0.5) is 5.69 Å². The molecule has 0 amide bonds. The lowest BCUT2D eigenvalue weighted by molar-refractivity contribution is 0.528. The van der Waals surface area contributed by atoms with Crippen LogP contribution in [0.5, 0.6) is 0 Å². The SMILES string of the molecule is CCCCCn1ncc(NC(C)C)cc1=O. The molecule has 1 aromatic heterocycles. The van der Waals surface area contributed by atoms with Crippen LogP contribution in [-0.2, 0) is 6.54 Å². The average Bonchev–Trinajstić information content (AvgIpc) is 2.20. The predicted molar refractivity (Wildman–Crippen MR) is 66.8 cm³/mol. The van der Waals surface area contributed by atoms with Gasteiger partial charge >= 0.3 is 0 Å². The lowest BCUT2D eigenvalue weighted by Gasteiger charge is -2.10. The molecule has 0 spiro atoms. The Balaban J connectivity index is 2.64. The van der Waals surface area contributed by atoms with Crippen molar-refractivity contribution in [3.8, 4) is 0 Å². The van der Waals surface area contributed by atoms with Crippen LogP contribution in [-0.4, -0.2) is 15.8 Å². The first kappa shape index (κ1) is 12.7. The van der Waals surface area contributed by atoms with Crippen molar-refractivity contribution in [3.05, 3.63) is 22.6 Å². The van der Waals surface area contributed by atoms with Crippen molar-refractivity contribution in [1.29, 1.82) is 0 Å². The van der Waals surface area contributed by atoms with Crippen LogP contribution < -0.4 is 10.9 Å². The summed E-state index contributed by atoms with van der Waals surface area (Å²) in [6.07, 6.45) is 5.02. The number of aryl methyl sites for hydroxylation is 1. The van der Waals surface area contributed by atoms with Crippen molar-refractivity contribution in [2.75, 3.05) is 5.32 Å². The summed E-state index contributed by atoms with van der Waals surface area (Å²) in [6, 6.07) is 1.93. The highest BCUT2D eigenvalue weighted by Crippen LogP contribution is 2.02. The van der Waals surface area contributed by atoms with Gasteiger partial charge in [-0.3, -0.25) is 4.79 Å². The fraction of sp³-hybridized carbons (Fsp3) is 0.667. The van der Waals surface area contributed by atoms with Gasteiger partial charge in [0, 0.05) is 18.7 Å². The minimum absolute atomic E-state index is 0.0262. The molecule has 1 rings (SSSR count). The molecule has 1 aromatic rings. The fourth-order valence-corrected chi connectivity index (χ4v) is 1.53. The van der Waals surface area contributed by atoms with E-state index in [0.717, 1.165) is 24.9 Å². The summed E-state index contributed by atoms with van der Waals surface area (Å²) in [5, 5.41) is 7.31. The number of hydrogen-bond donors (Lipinski definition) is 1. The highest BCUT2D eigenvalue weighted by atomic mass is 16.1. The van der Waals surface area contributed by atoms with Crippen LogP contribution in [0.15, 0.2) is 17.1 Å². The first-order chi connectivity index (χ1) is 7.63. The molecule has 0 aliphatic heterocycles. The average molecular weight is 223 g/mol. The molecule has 0 saturated carbocycles. The molecule has 0 aliphatic rings. The summed E-state index contributed by atoms with van der Waals surface area (Å²) in [7, 11) is 0. The van der Waals surface area contributed by atoms with Crippen molar-refractivity contribution >= 4 is 5.69 Å². The molecule has 1 heterocycles. The van der Waals surface area contributed by atoms with Crippen LogP contribution >= 0.6 is 0 Å². The van der Waals surface area contributed by atoms with Gasteiger partial charge in [-0.15, -0.1) is 0 Å². The second-order valence-corrected chi connectivity index (χ2v) is 4.31. The molecular weight excluding hydrogens is 202 g/mol. The van der Waals surface area contributed by atoms with Gasteiger partial charge in [-0.2, -0.15) is 5.10 Å². The molecule has 0 aliphatic carbocycles. The molecule has 90 valence electrons. The maximum atomic E-state index is 11.7. The zero-order valence-corrected chi connectivity index (χ0v) is 10.4. The van der Waals surface area contributed by atoms with Gasteiger partial charge in [-0.1, -0.05) is 19.8 Å². The Morgan fingerprint density at radius 2 is 2.19 bits per heavy atom. The molecule has 4 nitrogen and oxygen atoms in total. The molecule has 4 heteroatoms. The molecule has 0 atom stereocenters. The quantitative estimate of drug-likeness (QED) is 0.752. The number of hydrogen-bond acceptors (Lipinski definition) is 3. The number of nitrogens with zero attached hydrogens (tertiary/aromatic N) is 2. The second kappa shape index (κ2) is 6.30. The van der Waals surface area contributed by atoms with E-state index in [1.54, 1.807) is 12.3 Å². The van der Waals surface area contributed by atoms with Crippen molar-refractivity contribution in [1.82, 2.24) is 9.78 Å². The third-order valence-electron chi connectivity index (χ3n) is 2.30. The first-order valence-corrected chi connectivity index (χ1v) is 5.97. The highest BCUT2D eigenvalue weighted by molar-refractivity contribution is 5.39. The largest absolute Gasteiger partial charge is 0.381 e. The molecule has 0 aromatic carbocycles. The van der Waals surface area contributed by atoms with E-state index in [2.05, 4.69) is 17.3 Å². The Kier molecular flexibility index (Phi) is 5.02. The van der Waals surface area contributed by atoms with Gasteiger partial charge in [0.2, 0.25) is 0 Å². The van der Waals surface area contributed by atoms with Crippen LogP contribution in [0.3, 0.4) is 0 Å². The van der Waals surface area contributed by atoms with E-state index >= 15 is 0 Å². The van der Waals surface area contributed by atoms with Gasteiger partial charge < -0.3 is 5.32 Å². The summed E-state index contributed by atoms with van der Waals surface area (Å²) >= 11 is 0. The maximum absolute atomic E-state index is 11.7. The minimum Gasteiger partial charge on any atom is -0.381 e. The summed E-state index contributed by atoms with van der Waals surface area (Å²) in [5.74, 6) is 0. The predicted octanol–water partition coefficient (Wildman–Crippen LogP) is 2.25. The Bertz CT molecular complexity index is 371. The molecule has 0 bridgehead atoms. The van der Waals surface area contributed by atoms with E-state index in [4.69, 9.17) is 0 Å². The van der Waals surface area contributed by atoms with E-state index in [1.165, 1.54) is 4.68 Å². The normalized spacial score (nSPS) is 10.8. The fourth-order valence-electron chi connectivity index (χ4n) is 1.53. The lowest BCUT2D eigenvalue weighted by Crippen LogP contribution is -2.23. The number of anilines is 1. The van der Waals surface area contributed by atoms with E-state index in [0.29, 0.717) is 12.6 Å². The number of rotatable bonds is 6. The van der Waals surface area contributed by atoms with Gasteiger partial charge in [-0.25, -0.2) is 4.68 Å². The van der Waals surface area contributed by atoms with Crippen LogP contribution in [0.1, 0.15) is 40.0 Å². The third kappa shape index (κ3) is 4.04. The topological polar surface area (TPSA) is 46.9 Å². The maximum Gasteiger partial charge on any atom is 0.268 e. The summed E-state index contributed by atoms with van der Waals surface area (Å²) in [6.45, 7) is 6.93. The molecule has 0 unspecified atom stereocenters. The highest BCUT2D eigenvalue weighted by Gasteiger charge is 2.00. The Morgan fingerprint density at radius 1 is 1.44 bits per heavy atom. The summed E-state index contributed by atoms with van der Waals surface area (Å²) in [4.78, 5) is 11.7. The zero-order valence-electron chi connectivity index (χ0n) is 10.4. The summed E-state index contributed by atoms with van der Waals surface area (Å²) in [5.41, 5.74) is 0.772. The number of nitrogens with one attached hydrogen (secondary N) is 1. The van der Waals surface area contributed by atoms with Crippen molar-refractivity contribution in [2.24, 2.45) is 0 Å². The molecule has 0 fully saturated rings. The third-order valence-corrected chi connectivity index (χ3v) is 2.30. The number of unbranched alkanes of at least 4 members (excludes halogenated alkanes) is 2. The van der Waals surface area contributed by atoms with Crippen LogP contribution in [0, 0.1) is 0 Å². The lowest BCUT2D eigenvalue weighted by atomic mass is 10.2. The van der Waals surface area contributed by atoms with Gasteiger partial charge in [0.25, 0.3) is 5.56 Å². The van der Waals surface area contributed by atoms with E-state index < -0.39 is 0 Å². The van der Waals surface area contributed by atoms with Crippen molar-refractivity contribution in [3.63, 3.8) is 0 Å². The van der Waals surface area contributed by atoms with Crippen molar-refractivity contribution < 1.29 is 0 Å². The smallest absolute Gasteiger partial charge is 0.268 e. The second-order valence-electron chi connectivity index (χ2n) is 4.31. The zero-order chi connectivity index (χ0) is 12.0. The Hall–Kier alpha value is -1.32. The summed E-state index contributed by atoms with van der Waals surface area (Å²) < 4.78 is 1.53. The molecule has 1 N–H and O–H groups in total. The molecule has 0 saturated heterocycles. The van der Waals surface area contributed by atoms with Gasteiger partial charge in [-0.05, 0) is 20.3 Å². The monoisotopic (exact) mass is 223 g/mol. The van der Waals surface area contributed by atoms with Crippen molar-refractivity contribution in [2.45, 2.75) is 52.6 Å². The Labute approximate surface area is 96.7 Å². The van der Waals surface area contributed by atoms with Crippen LogP contribution in [0.25, 0.3) is 0 Å². The van der Waals surface area contributed by atoms with Gasteiger partial charge in [0.05, 0.1) is 11.9 Å². The van der Waals surface area contributed by atoms with Crippen LogP contribution in [0.2, 0.25) is 0 Å². The molecule has 16 heavy (non-hydrogen) atoms. The molecule has 0 radical (unpaired) electrons. The van der Waals surface area contributed by atoms with Gasteiger partial charge in [0.1, 0.15) is 0 Å². The molecular formula is C12H21N3O. The Morgan fingerprint density at radius 3 is 2.75 bits per heavy atom. The minimum atomic E-state index is -0.0262. The van der Waals surface area contributed by atoms with E-state index in [9.17, 15) is 4.79 Å². The first-order valence-electron chi connectivity index (χ1n) is 5.97. The standard InChI is InChI=1S/C12H21N3O/c1-4-5-6-7-15-12(16)8-11(9-13-15)14-10(2)3/h8-10,14H,4-7H2,1-3H3. The van der Waals surface area contributed by atoms with E-state index in [1.807, 2.05) is 13.8 Å².